The minimum Gasteiger partial charge on any atom is -0.435 e. The highest BCUT2D eigenvalue weighted by Crippen LogP contribution is 2.35. The summed E-state index contributed by atoms with van der Waals surface area (Å²) >= 11 is 15.4. The summed E-state index contributed by atoms with van der Waals surface area (Å²) in [5.41, 5.74) is 12.2. The van der Waals surface area contributed by atoms with Crippen molar-refractivity contribution in [2.45, 2.75) is 0 Å². The molecule has 0 spiro atoms. The lowest BCUT2D eigenvalue weighted by atomic mass is 10.2. The van der Waals surface area contributed by atoms with E-state index in [4.69, 9.17) is 33.7 Å². The minimum atomic E-state index is -0.495. The number of pyridine rings is 1. The maximum absolute atomic E-state index is 12.4. The number of nitrogens with two attached hydrogens (primary N) is 1. The van der Waals surface area contributed by atoms with Crippen molar-refractivity contribution in [2.75, 3.05) is 11.2 Å². The topological polar surface area (TPSA) is 115 Å². The Morgan fingerprint density at radius 1 is 1.10 bits per heavy atom. The monoisotopic (exact) mass is 518 g/mol. The molecule has 0 bridgehead atoms. The van der Waals surface area contributed by atoms with Crippen molar-refractivity contribution in [3.05, 3.63) is 75.1 Å². The number of fused-ring (bicyclic) bond motifs is 1. The summed E-state index contributed by atoms with van der Waals surface area (Å²) in [6, 6.07) is 11.9. The molecule has 0 saturated heterocycles. The van der Waals surface area contributed by atoms with Gasteiger partial charge in [0.15, 0.2) is 11.6 Å². The predicted molar refractivity (Wildman–Crippen MR) is 124 cm³/mol. The molecule has 0 unspecified atom stereocenters. The molecule has 2 aromatic carbocycles. The number of carbonyl (C=O) groups excluding carboxylic acids is 1. The number of hydrazine groups is 1. The van der Waals surface area contributed by atoms with E-state index < -0.39 is 5.91 Å². The Morgan fingerprint density at radius 3 is 2.74 bits per heavy atom. The first-order chi connectivity index (χ1) is 14.9. The summed E-state index contributed by atoms with van der Waals surface area (Å²) in [5.74, 6) is 0.223. The highest BCUT2D eigenvalue weighted by molar-refractivity contribution is 9.10. The molecule has 0 saturated carbocycles. The fraction of sp³-hybridized carbons (Fsp3) is 0. The molecule has 11 heteroatoms. The number of aromatic nitrogens is 3. The van der Waals surface area contributed by atoms with Crippen molar-refractivity contribution in [1.82, 2.24) is 20.4 Å². The largest absolute Gasteiger partial charge is 0.435 e. The molecule has 0 fully saturated rings. The Bertz CT molecular complexity index is 1300. The second kappa shape index (κ2) is 8.93. The second-order valence-electron chi connectivity index (χ2n) is 6.19. The van der Waals surface area contributed by atoms with Crippen LogP contribution >= 0.6 is 39.1 Å². The van der Waals surface area contributed by atoms with E-state index in [1.165, 1.54) is 18.5 Å². The van der Waals surface area contributed by atoms with E-state index in [9.17, 15) is 4.79 Å². The molecule has 0 radical (unpaired) electrons. The number of nitrogen functional groups attached to an aromatic ring is 1. The molecule has 8 nitrogen and oxygen atoms in total. The summed E-state index contributed by atoms with van der Waals surface area (Å²) in [6.45, 7) is 0. The lowest BCUT2D eigenvalue weighted by Gasteiger charge is -2.14. The highest BCUT2D eigenvalue weighted by atomic mass is 79.9. The number of carbonyl (C=O) groups is 1. The van der Waals surface area contributed by atoms with E-state index in [0.29, 0.717) is 16.3 Å². The van der Waals surface area contributed by atoms with Crippen molar-refractivity contribution in [2.24, 2.45) is 0 Å². The first-order valence-corrected chi connectivity index (χ1v) is 10.3. The van der Waals surface area contributed by atoms with Gasteiger partial charge in [0.25, 0.3) is 5.91 Å². The molecule has 4 aromatic rings. The van der Waals surface area contributed by atoms with Crippen LogP contribution in [-0.2, 0) is 0 Å². The van der Waals surface area contributed by atoms with Crippen LogP contribution < -0.4 is 21.3 Å². The molecule has 2 heterocycles. The zero-order chi connectivity index (χ0) is 22.0. The molecule has 4 N–H and O–H groups in total. The molecule has 0 aliphatic heterocycles. The molecule has 0 atom stereocenters. The third-order valence-electron chi connectivity index (χ3n) is 4.20. The lowest BCUT2D eigenvalue weighted by molar-refractivity contribution is 0.0962. The Hall–Kier alpha value is -3.14. The number of nitrogens with one attached hydrogen (secondary N) is 2. The van der Waals surface area contributed by atoms with Crippen LogP contribution in [0.4, 0.5) is 11.5 Å². The Kier molecular flexibility index (Phi) is 6.08. The van der Waals surface area contributed by atoms with Crippen LogP contribution in [0.25, 0.3) is 10.9 Å². The Morgan fingerprint density at radius 2 is 1.94 bits per heavy atom. The first-order valence-electron chi connectivity index (χ1n) is 8.77. The van der Waals surface area contributed by atoms with Crippen LogP contribution in [0.1, 0.15) is 10.4 Å². The normalized spacial score (nSPS) is 10.7. The molecule has 156 valence electrons. The van der Waals surface area contributed by atoms with Crippen molar-refractivity contribution >= 4 is 67.4 Å². The van der Waals surface area contributed by atoms with Crippen LogP contribution in [0, 0.1) is 0 Å². The van der Waals surface area contributed by atoms with E-state index in [1.54, 1.807) is 18.3 Å². The van der Waals surface area contributed by atoms with Crippen molar-refractivity contribution in [3.63, 3.8) is 0 Å². The highest BCUT2D eigenvalue weighted by Gasteiger charge is 2.15. The van der Waals surface area contributed by atoms with Crippen molar-refractivity contribution in [3.8, 4) is 11.6 Å². The Balaban J connectivity index is 1.55. The standard InChI is InChI=1S/C20H13BrCl2N6O2/c21-13-5-6-15(17-11(13)2-1-7-25-17)31-20-16(24)18(26-9-27-20)28-29-19(30)12-4-3-10(22)8-14(12)23/h1-9H,24H2,(H,29,30)(H,26,27,28). The van der Waals surface area contributed by atoms with Gasteiger partial charge < -0.3 is 10.5 Å². The average Bonchev–Trinajstić information content (AvgIpc) is 2.76. The van der Waals surface area contributed by atoms with Crippen LogP contribution in [-0.4, -0.2) is 20.9 Å². The van der Waals surface area contributed by atoms with Gasteiger partial charge >= 0.3 is 0 Å². The van der Waals surface area contributed by atoms with E-state index in [0.717, 1.165) is 9.86 Å². The molecule has 0 aliphatic rings. The van der Waals surface area contributed by atoms with Crippen LogP contribution in [0.5, 0.6) is 11.6 Å². The second-order valence-corrected chi connectivity index (χ2v) is 7.89. The fourth-order valence-corrected chi connectivity index (χ4v) is 3.66. The van der Waals surface area contributed by atoms with E-state index in [1.807, 2.05) is 18.2 Å². The number of hydrogen-bond acceptors (Lipinski definition) is 7. The van der Waals surface area contributed by atoms with Crippen LogP contribution in [0.3, 0.4) is 0 Å². The van der Waals surface area contributed by atoms with Gasteiger partial charge in [0, 0.05) is 21.1 Å². The summed E-state index contributed by atoms with van der Waals surface area (Å²) < 4.78 is 6.77. The summed E-state index contributed by atoms with van der Waals surface area (Å²) in [7, 11) is 0. The van der Waals surface area contributed by atoms with Gasteiger partial charge in [0.2, 0.25) is 5.88 Å². The van der Waals surface area contributed by atoms with Gasteiger partial charge in [-0.1, -0.05) is 45.2 Å². The zero-order valence-electron chi connectivity index (χ0n) is 15.6. The molecule has 31 heavy (non-hydrogen) atoms. The number of benzene rings is 2. The average molecular weight is 520 g/mol. The van der Waals surface area contributed by atoms with Crippen molar-refractivity contribution in [1.29, 1.82) is 0 Å². The fourth-order valence-electron chi connectivity index (χ4n) is 2.72. The number of anilines is 2. The van der Waals surface area contributed by atoms with Crippen LogP contribution in [0.15, 0.2) is 59.5 Å². The molecular weight excluding hydrogens is 507 g/mol. The number of ether oxygens (including phenoxy) is 1. The van der Waals surface area contributed by atoms with Gasteiger partial charge in [0.1, 0.15) is 17.5 Å². The molecule has 2 aromatic heterocycles. The van der Waals surface area contributed by atoms with Gasteiger partial charge in [0.05, 0.1) is 10.6 Å². The number of halogens is 3. The third-order valence-corrected chi connectivity index (χ3v) is 5.44. The molecule has 1 amide bonds. The van der Waals surface area contributed by atoms with Gasteiger partial charge in [-0.2, -0.15) is 4.98 Å². The van der Waals surface area contributed by atoms with Gasteiger partial charge in [-0.05, 0) is 36.4 Å². The minimum absolute atomic E-state index is 0.0944. The van der Waals surface area contributed by atoms with E-state index >= 15 is 0 Å². The Labute approximate surface area is 194 Å². The summed E-state index contributed by atoms with van der Waals surface area (Å²) in [5, 5.41) is 1.51. The smallest absolute Gasteiger partial charge is 0.271 e. The maximum atomic E-state index is 12.4. The first kappa shape index (κ1) is 21.1. The molecular formula is C20H13BrCl2N6O2. The quantitative estimate of drug-likeness (QED) is 0.309. The lowest BCUT2D eigenvalue weighted by Crippen LogP contribution is -2.30. The van der Waals surface area contributed by atoms with Gasteiger partial charge in [-0.25, -0.2) is 4.98 Å². The van der Waals surface area contributed by atoms with E-state index in [-0.39, 0.29) is 28.0 Å². The predicted octanol–water partition coefficient (Wildman–Crippen LogP) is 5.23. The van der Waals surface area contributed by atoms with Crippen molar-refractivity contribution < 1.29 is 9.53 Å². The van der Waals surface area contributed by atoms with E-state index in [2.05, 4.69) is 41.7 Å². The number of hydrogen-bond donors (Lipinski definition) is 3. The van der Waals surface area contributed by atoms with Crippen LogP contribution in [0.2, 0.25) is 10.0 Å². The zero-order valence-corrected chi connectivity index (χ0v) is 18.7. The number of rotatable bonds is 5. The third kappa shape index (κ3) is 4.48. The summed E-state index contributed by atoms with van der Waals surface area (Å²) in [4.78, 5) is 24.9. The van der Waals surface area contributed by atoms with Gasteiger partial charge in [-0.15, -0.1) is 0 Å². The number of amides is 1. The molecule has 0 aliphatic carbocycles. The van der Waals surface area contributed by atoms with Gasteiger partial charge in [-0.3, -0.25) is 20.6 Å². The maximum Gasteiger partial charge on any atom is 0.271 e. The summed E-state index contributed by atoms with van der Waals surface area (Å²) in [6.07, 6.45) is 2.92. The SMILES string of the molecule is Nc1c(NNC(=O)c2ccc(Cl)cc2Cl)ncnc1Oc1ccc(Br)c2cccnc12. The molecule has 4 rings (SSSR count). The number of nitrogens with zero attached hydrogens (tertiary/aromatic N) is 3.